The van der Waals surface area contributed by atoms with E-state index in [2.05, 4.69) is 15.8 Å². The van der Waals surface area contributed by atoms with Gasteiger partial charge in [-0.2, -0.15) is 18.3 Å². The Kier molecular flexibility index (Phi) is 7.22. The summed E-state index contributed by atoms with van der Waals surface area (Å²) in [7, 11) is 1.50. The van der Waals surface area contributed by atoms with Crippen LogP contribution < -0.4 is 15.5 Å². The highest BCUT2D eigenvalue weighted by atomic mass is 35.5. The van der Waals surface area contributed by atoms with Crippen LogP contribution in [0, 0.1) is 0 Å². The average Bonchev–Trinajstić information content (AvgIpc) is 2.66. The third-order valence-electron chi connectivity index (χ3n) is 3.67. The van der Waals surface area contributed by atoms with Gasteiger partial charge in [0.2, 0.25) is 5.91 Å². The van der Waals surface area contributed by atoms with Gasteiger partial charge in [-0.25, -0.2) is 5.43 Å². The Hall–Kier alpha value is -3.07. The maximum Gasteiger partial charge on any atom is 0.417 e. The van der Waals surface area contributed by atoms with Crippen molar-refractivity contribution in [2.75, 3.05) is 12.4 Å². The zero-order chi connectivity index (χ0) is 21.6. The summed E-state index contributed by atoms with van der Waals surface area (Å²) in [6.07, 6.45) is -4.87. The van der Waals surface area contributed by atoms with E-state index in [0.29, 0.717) is 11.3 Å². The molecule has 6 nitrogen and oxygen atoms in total. The molecule has 0 saturated carbocycles. The number of hydrogen-bond donors (Lipinski definition) is 2. The lowest BCUT2D eigenvalue weighted by atomic mass is 10.2. The van der Waals surface area contributed by atoms with E-state index in [1.165, 1.54) is 20.1 Å². The lowest BCUT2D eigenvalue weighted by Gasteiger charge is -2.11. The van der Waals surface area contributed by atoms with Gasteiger partial charge in [0.05, 0.1) is 24.1 Å². The van der Waals surface area contributed by atoms with Gasteiger partial charge in [0.25, 0.3) is 5.91 Å². The molecule has 0 aromatic heterocycles. The second-order valence-corrected chi connectivity index (χ2v) is 6.34. The fourth-order valence-corrected chi connectivity index (χ4v) is 2.48. The number of carbonyl (C=O) groups excluding carboxylic acids is 2. The van der Waals surface area contributed by atoms with Crippen molar-refractivity contribution in [1.82, 2.24) is 5.43 Å². The van der Waals surface area contributed by atoms with Crippen LogP contribution in [0.1, 0.15) is 29.3 Å². The average molecular weight is 428 g/mol. The minimum absolute atomic E-state index is 0.0539. The lowest BCUT2D eigenvalue weighted by Crippen LogP contribution is -2.21. The standard InChI is InChI=1S/C19H17ClF3N3O3/c1-11(25-26-18(28)12-3-6-14(29-2)7-4-12)9-17(27)24-13-5-8-16(20)15(10-13)19(21,22)23/h3-8,10H,9H2,1-2H3,(H,24,27)(H,26,28)/b25-11+. The summed E-state index contributed by atoms with van der Waals surface area (Å²) in [6, 6.07) is 9.37. The van der Waals surface area contributed by atoms with Crippen molar-refractivity contribution >= 4 is 34.8 Å². The van der Waals surface area contributed by atoms with Gasteiger partial charge in [0, 0.05) is 17.0 Å². The monoisotopic (exact) mass is 427 g/mol. The van der Waals surface area contributed by atoms with Gasteiger partial charge in [0.1, 0.15) is 5.75 Å². The molecule has 0 unspecified atom stereocenters. The van der Waals surface area contributed by atoms with Crippen molar-refractivity contribution in [2.24, 2.45) is 5.10 Å². The van der Waals surface area contributed by atoms with Crippen molar-refractivity contribution < 1.29 is 27.5 Å². The molecule has 0 spiro atoms. The zero-order valence-corrected chi connectivity index (χ0v) is 16.2. The normalized spacial score (nSPS) is 11.7. The van der Waals surface area contributed by atoms with E-state index >= 15 is 0 Å². The van der Waals surface area contributed by atoms with Gasteiger partial charge in [0.15, 0.2) is 0 Å². The first-order valence-electron chi connectivity index (χ1n) is 8.24. The van der Waals surface area contributed by atoms with Crippen molar-refractivity contribution in [2.45, 2.75) is 19.5 Å². The molecule has 0 aliphatic rings. The first-order valence-corrected chi connectivity index (χ1v) is 8.62. The quantitative estimate of drug-likeness (QED) is 0.526. The summed E-state index contributed by atoms with van der Waals surface area (Å²) in [4.78, 5) is 24.0. The molecule has 0 saturated heterocycles. The van der Waals surface area contributed by atoms with Crippen LogP contribution in [0.4, 0.5) is 18.9 Å². The number of amides is 2. The highest BCUT2D eigenvalue weighted by Gasteiger charge is 2.33. The van der Waals surface area contributed by atoms with Crippen LogP contribution in [0.5, 0.6) is 5.75 Å². The summed E-state index contributed by atoms with van der Waals surface area (Å²) in [5.41, 5.74) is 1.80. The number of methoxy groups -OCH3 is 1. The van der Waals surface area contributed by atoms with Gasteiger partial charge in [-0.3, -0.25) is 9.59 Å². The van der Waals surface area contributed by atoms with E-state index in [4.69, 9.17) is 16.3 Å². The maximum atomic E-state index is 12.9. The summed E-state index contributed by atoms with van der Waals surface area (Å²) < 4.78 is 43.6. The summed E-state index contributed by atoms with van der Waals surface area (Å²) in [5.74, 6) is -0.492. The summed E-state index contributed by atoms with van der Waals surface area (Å²) >= 11 is 5.54. The van der Waals surface area contributed by atoms with Crippen LogP contribution in [0.3, 0.4) is 0 Å². The molecule has 0 heterocycles. The minimum Gasteiger partial charge on any atom is -0.497 e. The molecule has 0 radical (unpaired) electrons. The number of nitrogens with one attached hydrogen (secondary N) is 2. The van der Waals surface area contributed by atoms with Crippen LogP contribution in [-0.2, 0) is 11.0 Å². The first-order chi connectivity index (χ1) is 13.6. The third-order valence-corrected chi connectivity index (χ3v) is 4.00. The molecular weight excluding hydrogens is 411 g/mol. The Bertz CT molecular complexity index is 929. The van der Waals surface area contributed by atoms with E-state index < -0.39 is 28.6 Å². The highest BCUT2D eigenvalue weighted by Crippen LogP contribution is 2.36. The Morgan fingerprint density at radius 3 is 2.38 bits per heavy atom. The SMILES string of the molecule is COc1ccc(C(=O)N/N=C(\C)CC(=O)Nc2ccc(Cl)c(C(F)(F)F)c2)cc1. The van der Waals surface area contributed by atoms with Crippen LogP contribution in [0.2, 0.25) is 5.02 Å². The predicted octanol–water partition coefficient (Wildman–Crippen LogP) is 4.50. The van der Waals surface area contributed by atoms with Crippen LogP contribution in [-0.4, -0.2) is 24.6 Å². The van der Waals surface area contributed by atoms with Gasteiger partial charge < -0.3 is 10.1 Å². The van der Waals surface area contributed by atoms with E-state index in [-0.39, 0.29) is 17.8 Å². The largest absolute Gasteiger partial charge is 0.497 e. The Morgan fingerprint density at radius 2 is 1.79 bits per heavy atom. The topological polar surface area (TPSA) is 79.8 Å². The number of hydrogen-bond acceptors (Lipinski definition) is 4. The molecular formula is C19H17ClF3N3O3. The van der Waals surface area contributed by atoms with Gasteiger partial charge in [-0.05, 0) is 49.4 Å². The molecule has 0 aliphatic heterocycles. The van der Waals surface area contributed by atoms with Crippen LogP contribution in [0.15, 0.2) is 47.6 Å². The van der Waals surface area contributed by atoms with Crippen molar-refractivity contribution in [1.29, 1.82) is 0 Å². The lowest BCUT2D eigenvalue weighted by molar-refractivity contribution is -0.137. The van der Waals surface area contributed by atoms with Gasteiger partial charge in [-0.15, -0.1) is 0 Å². The summed E-state index contributed by atoms with van der Waals surface area (Å²) in [5, 5.41) is 5.70. The number of nitrogens with zero attached hydrogens (tertiary/aromatic N) is 1. The number of ether oxygens (including phenoxy) is 1. The smallest absolute Gasteiger partial charge is 0.417 e. The number of hydrazone groups is 1. The Balaban J connectivity index is 1.95. The Labute approximate surface area is 169 Å². The third kappa shape index (κ3) is 6.49. The van der Waals surface area contributed by atoms with Crippen molar-refractivity contribution in [3.8, 4) is 5.75 Å². The molecule has 10 heteroatoms. The number of rotatable bonds is 6. The summed E-state index contributed by atoms with van der Waals surface area (Å²) in [6.45, 7) is 1.50. The molecule has 2 aromatic rings. The van der Waals surface area contributed by atoms with Crippen LogP contribution in [0.25, 0.3) is 0 Å². The molecule has 2 amide bonds. The van der Waals surface area contributed by atoms with E-state index in [1.807, 2.05) is 0 Å². The molecule has 0 atom stereocenters. The maximum absolute atomic E-state index is 12.9. The van der Waals surface area contributed by atoms with Crippen LogP contribution >= 0.6 is 11.6 Å². The molecule has 154 valence electrons. The second-order valence-electron chi connectivity index (χ2n) is 5.93. The number of alkyl halides is 3. The fourth-order valence-electron chi connectivity index (χ4n) is 2.25. The molecule has 0 aliphatic carbocycles. The number of carbonyl (C=O) groups is 2. The minimum atomic E-state index is -4.64. The molecule has 2 aromatic carbocycles. The van der Waals surface area contributed by atoms with Crippen molar-refractivity contribution in [3.63, 3.8) is 0 Å². The predicted molar refractivity (Wildman–Crippen MR) is 103 cm³/mol. The van der Waals surface area contributed by atoms with Crippen molar-refractivity contribution in [3.05, 3.63) is 58.6 Å². The molecule has 2 rings (SSSR count). The number of halogens is 4. The van der Waals surface area contributed by atoms with E-state index in [1.54, 1.807) is 24.3 Å². The molecule has 2 N–H and O–H groups in total. The number of anilines is 1. The first kappa shape index (κ1) is 22.2. The van der Waals surface area contributed by atoms with E-state index in [9.17, 15) is 22.8 Å². The number of benzene rings is 2. The second kappa shape index (κ2) is 9.42. The fraction of sp³-hybridized carbons (Fsp3) is 0.211. The Morgan fingerprint density at radius 1 is 1.14 bits per heavy atom. The molecule has 0 bridgehead atoms. The zero-order valence-electron chi connectivity index (χ0n) is 15.4. The van der Waals surface area contributed by atoms with Gasteiger partial charge >= 0.3 is 6.18 Å². The van der Waals surface area contributed by atoms with Gasteiger partial charge in [-0.1, -0.05) is 11.6 Å². The molecule has 29 heavy (non-hydrogen) atoms. The van der Waals surface area contributed by atoms with E-state index in [0.717, 1.165) is 12.1 Å². The highest BCUT2D eigenvalue weighted by molar-refractivity contribution is 6.31. The molecule has 0 fully saturated rings.